The van der Waals surface area contributed by atoms with Gasteiger partial charge in [-0.25, -0.2) is 8.42 Å². The average Bonchev–Trinajstić information content (AvgIpc) is 2.24. The molecule has 0 saturated heterocycles. The maximum atomic E-state index is 12.5. The second kappa shape index (κ2) is 4.77. The van der Waals surface area contributed by atoms with Crippen molar-refractivity contribution in [3.8, 4) is 0 Å². The third-order valence-electron chi connectivity index (χ3n) is 2.02. The van der Waals surface area contributed by atoms with Gasteiger partial charge in [-0.2, -0.15) is 13.2 Å². The summed E-state index contributed by atoms with van der Waals surface area (Å²) >= 11 is 5.42. The lowest BCUT2D eigenvalue weighted by Crippen LogP contribution is -2.11. The van der Waals surface area contributed by atoms with Crippen molar-refractivity contribution in [2.45, 2.75) is 11.1 Å². The Hall–Kier alpha value is -1.28. The van der Waals surface area contributed by atoms with Crippen LogP contribution in [-0.2, 0) is 16.0 Å². The summed E-state index contributed by atoms with van der Waals surface area (Å²) < 4.78 is 60.2. The van der Waals surface area contributed by atoms with E-state index in [1.165, 1.54) is 0 Å². The molecule has 1 N–H and O–H groups in total. The van der Waals surface area contributed by atoms with E-state index in [1.54, 1.807) is 0 Å². The number of alkyl halides is 3. The minimum absolute atomic E-state index is 0.297. The molecular formula is C9H7ClF3NO3S. The van der Waals surface area contributed by atoms with E-state index in [0.717, 1.165) is 12.3 Å². The molecule has 0 saturated carbocycles. The normalized spacial score (nSPS) is 13.7. The van der Waals surface area contributed by atoms with E-state index in [-0.39, 0.29) is 5.56 Å². The summed E-state index contributed by atoms with van der Waals surface area (Å²) in [6, 6.07) is 1.93. The first-order valence-electron chi connectivity index (χ1n) is 4.36. The van der Waals surface area contributed by atoms with Crippen LogP contribution in [-0.4, -0.2) is 25.1 Å². The molecule has 0 aliphatic heterocycles. The smallest absolute Gasteiger partial charge is 0.410 e. The minimum atomic E-state index is -4.68. The van der Waals surface area contributed by atoms with Crippen LogP contribution in [0.25, 0.3) is 0 Å². The highest BCUT2D eigenvalue weighted by Crippen LogP contribution is 2.32. The third-order valence-corrected chi connectivity index (χ3v) is 3.43. The Morgan fingerprint density at radius 1 is 1.39 bits per heavy atom. The van der Waals surface area contributed by atoms with Gasteiger partial charge in [0.1, 0.15) is 0 Å². The molecule has 0 unspecified atom stereocenters. The van der Waals surface area contributed by atoms with Crippen LogP contribution < -0.4 is 0 Å². The second-order valence-corrected chi connectivity index (χ2v) is 5.71. The molecule has 0 amide bonds. The summed E-state index contributed by atoms with van der Waals surface area (Å²) in [6.07, 6.45) is -3.95. The van der Waals surface area contributed by atoms with Gasteiger partial charge in [0.25, 0.3) is 0 Å². The highest BCUT2D eigenvalue weighted by Gasteiger charge is 2.32. The lowest BCUT2D eigenvalue weighted by molar-refractivity contribution is -0.137. The largest absolute Gasteiger partial charge is 0.416 e. The minimum Gasteiger partial charge on any atom is -0.410 e. The van der Waals surface area contributed by atoms with E-state index in [2.05, 4.69) is 5.16 Å². The quantitative estimate of drug-likeness (QED) is 0.518. The molecule has 1 aromatic carbocycles. The van der Waals surface area contributed by atoms with Gasteiger partial charge in [-0.3, -0.25) is 0 Å². The molecule has 0 heterocycles. The highest BCUT2D eigenvalue weighted by atomic mass is 35.5. The van der Waals surface area contributed by atoms with E-state index in [0.29, 0.717) is 12.1 Å². The molecule has 0 aromatic heterocycles. The van der Waals surface area contributed by atoms with E-state index >= 15 is 0 Å². The Morgan fingerprint density at radius 3 is 2.33 bits per heavy atom. The van der Waals surface area contributed by atoms with Crippen LogP contribution in [0.4, 0.5) is 13.2 Å². The molecule has 100 valence electrons. The number of hydrogen-bond acceptors (Lipinski definition) is 4. The van der Waals surface area contributed by atoms with E-state index in [1.807, 2.05) is 0 Å². The molecule has 0 aliphatic rings. The number of halogens is 4. The van der Waals surface area contributed by atoms with Gasteiger partial charge in [-0.05, 0) is 18.2 Å². The fourth-order valence-electron chi connectivity index (χ4n) is 1.23. The summed E-state index contributed by atoms with van der Waals surface area (Å²) in [5, 5.41) is 10.4. The molecular weight excluding hydrogens is 295 g/mol. The van der Waals surface area contributed by atoms with Crippen molar-refractivity contribution < 1.29 is 26.8 Å². The lowest BCUT2D eigenvalue weighted by Gasteiger charge is -2.11. The average molecular weight is 302 g/mol. The summed E-state index contributed by atoms with van der Waals surface area (Å²) in [5.41, 5.74) is -1.43. The van der Waals surface area contributed by atoms with E-state index in [9.17, 15) is 21.6 Å². The van der Waals surface area contributed by atoms with Crippen molar-refractivity contribution in [2.75, 3.05) is 6.26 Å². The molecule has 0 spiro atoms. The Bertz CT molecular complexity index is 596. The van der Waals surface area contributed by atoms with E-state index in [4.69, 9.17) is 16.8 Å². The maximum Gasteiger partial charge on any atom is 0.416 e. The van der Waals surface area contributed by atoms with Crippen LogP contribution in [0, 0.1) is 0 Å². The van der Waals surface area contributed by atoms with Gasteiger partial charge in [0.05, 0.1) is 10.5 Å². The fourth-order valence-corrected chi connectivity index (χ4v) is 2.36. The lowest BCUT2D eigenvalue weighted by atomic mass is 10.1. The van der Waals surface area contributed by atoms with Gasteiger partial charge in [0, 0.05) is 11.8 Å². The van der Waals surface area contributed by atoms with Crippen molar-refractivity contribution in [3.63, 3.8) is 0 Å². The number of oxime groups is 1. The number of nitrogens with zero attached hydrogens (tertiary/aromatic N) is 1. The first-order chi connectivity index (χ1) is 8.07. The number of sulfone groups is 1. The Kier molecular flexibility index (Phi) is 3.92. The topological polar surface area (TPSA) is 66.7 Å². The standard InChI is InChI=1S/C9H7ClF3NO3S/c1-18(16,17)7-4-5(9(11,12)13)2-3-6(7)8(10)14-15/h2-4,15H,1H3. The van der Waals surface area contributed by atoms with Crippen molar-refractivity contribution in [2.24, 2.45) is 5.16 Å². The molecule has 18 heavy (non-hydrogen) atoms. The predicted octanol–water partition coefficient (Wildman–Crippen LogP) is 2.48. The highest BCUT2D eigenvalue weighted by molar-refractivity contribution is 7.90. The van der Waals surface area contributed by atoms with Crippen LogP contribution >= 0.6 is 11.6 Å². The van der Waals surface area contributed by atoms with Crippen molar-refractivity contribution in [1.29, 1.82) is 0 Å². The van der Waals surface area contributed by atoms with Crippen molar-refractivity contribution in [3.05, 3.63) is 29.3 Å². The van der Waals surface area contributed by atoms with Crippen LogP contribution in [0.5, 0.6) is 0 Å². The summed E-state index contributed by atoms with van der Waals surface area (Å²) in [5.74, 6) is 0. The molecule has 4 nitrogen and oxygen atoms in total. The number of benzene rings is 1. The van der Waals surface area contributed by atoms with Crippen LogP contribution in [0.1, 0.15) is 11.1 Å². The molecule has 0 atom stereocenters. The van der Waals surface area contributed by atoms with Gasteiger partial charge in [-0.15, -0.1) is 0 Å². The van der Waals surface area contributed by atoms with Crippen LogP contribution in [0.3, 0.4) is 0 Å². The second-order valence-electron chi connectivity index (χ2n) is 3.37. The molecule has 0 radical (unpaired) electrons. The summed E-state index contributed by atoms with van der Waals surface area (Å²) in [4.78, 5) is -0.653. The maximum absolute atomic E-state index is 12.5. The zero-order valence-electron chi connectivity index (χ0n) is 8.86. The van der Waals surface area contributed by atoms with Crippen molar-refractivity contribution in [1.82, 2.24) is 0 Å². The van der Waals surface area contributed by atoms with Gasteiger partial charge in [-0.1, -0.05) is 16.8 Å². The zero-order chi connectivity index (χ0) is 14.1. The molecule has 1 rings (SSSR count). The monoisotopic (exact) mass is 301 g/mol. The Labute approximate surface area is 106 Å². The first kappa shape index (κ1) is 14.8. The number of hydrogen-bond donors (Lipinski definition) is 1. The SMILES string of the molecule is CS(=O)(=O)c1cc(C(F)(F)F)ccc1C(Cl)=NO. The Morgan fingerprint density at radius 2 is 1.94 bits per heavy atom. The zero-order valence-corrected chi connectivity index (χ0v) is 10.4. The van der Waals surface area contributed by atoms with Crippen LogP contribution in [0.2, 0.25) is 0 Å². The molecule has 1 aromatic rings. The van der Waals surface area contributed by atoms with Gasteiger partial charge >= 0.3 is 6.18 Å². The first-order valence-corrected chi connectivity index (χ1v) is 6.63. The van der Waals surface area contributed by atoms with Gasteiger partial charge in [0.2, 0.25) is 0 Å². The number of rotatable bonds is 2. The fraction of sp³-hybridized carbons (Fsp3) is 0.222. The van der Waals surface area contributed by atoms with Crippen molar-refractivity contribution >= 4 is 26.6 Å². The molecule has 0 aliphatic carbocycles. The molecule has 0 bridgehead atoms. The van der Waals surface area contributed by atoms with Crippen LogP contribution in [0.15, 0.2) is 28.3 Å². The van der Waals surface area contributed by atoms with Gasteiger partial charge < -0.3 is 5.21 Å². The third kappa shape index (κ3) is 3.14. The summed E-state index contributed by atoms with van der Waals surface area (Å²) in [7, 11) is -3.95. The van der Waals surface area contributed by atoms with Gasteiger partial charge in [0.15, 0.2) is 15.0 Å². The summed E-state index contributed by atoms with van der Waals surface area (Å²) in [6.45, 7) is 0. The molecule has 0 fully saturated rings. The molecule has 9 heteroatoms. The Balaban J connectivity index is 3.60. The predicted molar refractivity (Wildman–Crippen MR) is 58.7 cm³/mol. The van der Waals surface area contributed by atoms with E-state index < -0.39 is 31.6 Å².